The SMILES string of the molecule is CC(C)(C)OC(=O)N1CCC(c2ncc(-c3ccc(S(=O)(=O)Nc4cc(F)c(C(=O)O)cc4F)cc3)cn2)CC1. The summed E-state index contributed by atoms with van der Waals surface area (Å²) in [6.07, 6.45) is 4.32. The lowest BCUT2D eigenvalue weighted by Crippen LogP contribution is -2.41. The number of sulfonamides is 1. The van der Waals surface area contributed by atoms with Gasteiger partial charge in [-0.15, -0.1) is 0 Å². The largest absolute Gasteiger partial charge is 0.478 e. The van der Waals surface area contributed by atoms with Gasteiger partial charge >= 0.3 is 12.1 Å². The lowest BCUT2D eigenvalue weighted by atomic mass is 9.96. The number of carbonyl (C=O) groups excluding carboxylic acids is 1. The van der Waals surface area contributed by atoms with Gasteiger partial charge in [-0.05, 0) is 57.4 Å². The van der Waals surface area contributed by atoms with E-state index < -0.39 is 44.5 Å². The van der Waals surface area contributed by atoms with Crippen LogP contribution in [0.15, 0.2) is 53.7 Å². The molecular weight excluding hydrogens is 546 g/mol. The molecule has 1 fully saturated rings. The molecule has 40 heavy (non-hydrogen) atoms. The van der Waals surface area contributed by atoms with Crippen LogP contribution in [-0.4, -0.2) is 59.1 Å². The third-order valence-electron chi connectivity index (χ3n) is 6.21. The van der Waals surface area contributed by atoms with E-state index >= 15 is 0 Å². The molecule has 212 valence electrons. The molecule has 1 aliphatic rings. The van der Waals surface area contributed by atoms with E-state index in [0.29, 0.717) is 55.0 Å². The molecule has 0 unspecified atom stereocenters. The van der Waals surface area contributed by atoms with E-state index in [9.17, 15) is 26.8 Å². The molecule has 1 aromatic heterocycles. The number of carboxylic acid groups (broad SMARTS) is 1. The molecule has 2 aromatic carbocycles. The Bertz CT molecular complexity index is 1520. The molecule has 3 aromatic rings. The molecule has 2 N–H and O–H groups in total. The first-order valence-electron chi connectivity index (χ1n) is 12.4. The van der Waals surface area contributed by atoms with Gasteiger partial charge in [0.15, 0.2) is 0 Å². The van der Waals surface area contributed by atoms with Gasteiger partial charge in [0.2, 0.25) is 0 Å². The van der Waals surface area contributed by atoms with Crippen molar-refractivity contribution in [1.82, 2.24) is 14.9 Å². The van der Waals surface area contributed by atoms with E-state index in [2.05, 4.69) is 9.97 Å². The number of piperidine rings is 1. The number of hydrogen-bond donors (Lipinski definition) is 2. The summed E-state index contributed by atoms with van der Waals surface area (Å²) >= 11 is 0. The maximum atomic E-state index is 14.2. The molecule has 1 saturated heterocycles. The van der Waals surface area contributed by atoms with Crippen LogP contribution < -0.4 is 4.72 Å². The number of amides is 1. The van der Waals surface area contributed by atoms with Gasteiger partial charge in [-0.2, -0.15) is 0 Å². The summed E-state index contributed by atoms with van der Waals surface area (Å²) in [5, 5.41) is 8.88. The number of nitrogens with one attached hydrogen (secondary N) is 1. The second kappa shape index (κ2) is 11.2. The first-order valence-corrected chi connectivity index (χ1v) is 13.9. The van der Waals surface area contributed by atoms with Crippen molar-refractivity contribution < 1.29 is 36.6 Å². The normalized spacial score (nSPS) is 14.6. The number of rotatable bonds is 6. The van der Waals surface area contributed by atoms with Crippen LogP contribution in [0.4, 0.5) is 19.3 Å². The first-order chi connectivity index (χ1) is 18.7. The number of carbonyl (C=O) groups is 2. The molecular formula is C27H28F2N4O6S. The molecule has 0 bridgehead atoms. The average molecular weight is 575 g/mol. The highest BCUT2D eigenvalue weighted by atomic mass is 32.2. The quantitative estimate of drug-likeness (QED) is 0.418. The number of hydrogen-bond acceptors (Lipinski definition) is 7. The molecule has 1 amide bonds. The minimum atomic E-state index is -4.30. The number of anilines is 1. The number of aromatic carboxylic acids is 1. The van der Waals surface area contributed by atoms with Gasteiger partial charge in [0.05, 0.1) is 16.1 Å². The fraction of sp³-hybridized carbons (Fsp3) is 0.333. The second-order valence-corrected chi connectivity index (χ2v) is 12.0. The Morgan fingerprint density at radius 2 is 1.60 bits per heavy atom. The molecule has 13 heteroatoms. The minimum absolute atomic E-state index is 0.0844. The monoisotopic (exact) mass is 574 g/mol. The third-order valence-corrected chi connectivity index (χ3v) is 7.59. The van der Waals surface area contributed by atoms with Crippen molar-refractivity contribution in [2.45, 2.75) is 50.0 Å². The van der Waals surface area contributed by atoms with Crippen LogP contribution in [-0.2, 0) is 14.8 Å². The number of nitrogens with zero attached hydrogens (tertiary/aromatic N) is 3. The first kappa shape index (κ1) is 28.9. The van der Waals surface area contributed by atoms with E-state index in [1.54, 1.807) is 17.3 Å². The fourth-order valence-corrected chi connectivity index (χ4v) is 5.22. The molecule has 0 radical (unpaired) electrons. The van der Waals surface area contributed by atoms with Gasteiger partial charge in [-0.3, -0.25) is 4.72 Å². The Morgan fingerprint density at radius 3 is 2.15 bits per heavy atom. The lowest BCUT2D eigenvalue weighted by molar-refractivity contribution is 0.0203. The zero-order chi connectivity index (χ0) is 29.2. The Morgan fingerprint density at radius 1 is 1.00 bits per heavy atom. The zero-order valence-electron chi connectivity index (χ0n) is 22.0. The van der Waals surface area contributed by atoms with E-state index in [-0.39, 0.29) is 16.9 Å². The average Bonchev–Trinajstić information content (AvgIpc) is 2.89. The Kier molecular flexibility index (Phi) is 8.05. The van der Waals surface area contributed by atoms with Gasteiger partial charge < -0.3 is 14.7 Å². The third kappa shape index (κ3) is 6.71. The molecule has 0 atom stereocenters. The Balaban J connectivity index is 1.40. The van der Waals surface area contributed by atoms with Crippen molar-refractivity contribution in [3.63, 3.8) is 0 Å². The van der Waals surface area contributed by atoms with Gasteiger partial charge in [-0.1, -0.05) is 12.1 Å². The summed E-state index contributed by atoms with van der Waals surface area (Å²) in [5.41, 5.74) is -0.909. The number of ether oxygens (including phenoxy) is 1. The van der Waals surface area contributed by atoms with Crippen molar-refractivity contribution in [2.24, 2.45) is 0 Å². The number of aromatic nitrogens is 2. The van der Waals surface area contributed by atoms with Gasteiger partial charge in [0.1, 0.15) is 23.1 Å². The molecule has 1 aliphatic heterocycles. The maximum Gasteiger partial charge on any atom is 0.410 e. The van der Waals surface area contributed by atoms with Crippen molar-refractivity contribution in [3.8, 4) is 11.1 Å². The van der Waals surface area contributed by atoms with Crippen LogP contribution in [0.1, 0.15) is 55.7 Å². The predicted octanol–water partition coefficient (Wildman–Crippen LogP) is 5.04. The van der Waals surface area contributed by atoms with Gasteiger partial charge in [-0.25, -0.2) is 36.8 Å². The van der Waals surface area contributed by atoms with E-state index in [1.165, 1.54) is 24.3 Å². The van der Waals surface area contributed by atoms with Crippen molar-refractivity contribution in [2.75, 3.05) is 17.8 Å². The fourth-order valence-electron chi connectivity index (χ4n) is 4.16. The Hall–Kier alpha value is -4.13. The summed E-state index contributed by atoms with van der Waals surface area (Å²) in [6, 6.07) is 6.51. The molecule has 2 heterocycles. The topological polar surface area (TPSA) is 139 Å². The van der Waals surface area contributed by atoms with E-state index in [4.69, 9.17) is 9.84 Å². The second-order valence-electron chi connectivity index (χ2n) is 10.3. The van der Waals surface area contributed by atoms with E-state index in [1.807, 2.05) is 25.5 Å². The highest BCUT2D eigenvalue weighted by molar-refractivity contribution is 7.92. The summed E-state index contributed by atoms with van der Waals surface area (Å²) < 4.78 is 60.9. The molecule has 0 saturated carbocycles. The summed E-state index contributed by atoms with van der Waals surface area (Å²) in [4.78, 5) is 33.6. The predicted molar refractivity (Wildman–Crippen MR) is 141 cm³/mol. The summed E-state index contributed by atoms with van der Waals surface area (Å²) in [5.74, 6) is -3.45. The van der Waals surface area contributed by atoms with E-state index in [0.717, 1.165) is 0 Å². The number of likely N-dealkylation sites (tertiary alicyclic amines) is 1. The number of carboxylic acids is 1. The number of halogens is 2. The minimum Gasteiger partial charge on any atom is -0.478 e. The molecule has 4 rings (SSSR count). The highest BCUT2D eigenvalue weighted by Crippen LogP contribution is 2.28. The van der Waals surface area contributed by atoms with Gasteiger partial charge in [0.25, 0.3) is 10.0 Å². The van der Waals surface area contributed by atoms with Crippen LogP contribution >= 0.6 is 0 Å². The standard InChI is InChI=1S/C27H28F2N4O6S/c1-27(2,3)39-26(36)33-10-8-17(9-11-33)24-30-14-18(15-31-24)16-4-6-19(7-5-16)40(37,38)32-23-13-21(28)20(25(34)35)12-22(23)29/h4-7,12-15,17,32H,8-11H2,1-3H3,(H,34,35). The smallest absolute Gasteiger partial charge is 0.410 e. The summed E-state index contributed by atoms with van der Waals surface area (Å²) in [6.45, 7) is 6.54. The molecule has 0 aliphatic carbocycles. The maximum absolute atomic E-state index is 14.2. The zero-order valence-corrected chi connectivity index (χ0v) is 22.8. The van der Waals surface area contributed by atoms with Crippen LogP contribution in [0.2, 0.25) is 0 Å². The number of benzene rings is 2. The Labute approximate surface area is 230 Å². The van der Waals surface area contributed by atoms with Crippen LogP contribution in [0.25, 0.3) is 11.1 Å². The molecule has 10 nitrogen and oxygen atoms in total. The summed E-state index contributed by atoms with van der Waals surface area (Å²) in [7, 11) is -4.30. The lowest BCUT2D eigenvalue weighted by Gasteiger charge is -2.32. The highest BCUT2D eigenvalue weighted by Gasteiger charge is 2.28. The van der Waals surface area contributed by atoms with Crippen molar-refractivity contribution in [3.05, 3.63) is 71.8 Å². The van der Waals surface area contributed by atoms with Crippen LogP contribution in [0.5, 0.6) is 0 Å². The van der Waals surface area contributed by atoms with Crippen LogP contribution in [0.3, 0.4) is 0 Å². The van der Waals surface area contributed by atoms with Crippen molar-refractivity contribution >= 4 is 27.8 Å². The van der Waals surface area contributed by atoms with Crippen LogP contribution in [0, 0.1) is 11.6 Å². The molecule has 0 spiro atoms. The van der Waals surface area contributed by atoms with Gasteiger partial charge in [0, 0.05) is 43.0 Å². The van der Waals surface area contributed by atoms with Crippen molar-refractivity contribution in [1.29, 1.82) is 0 Å².